The molecule has 2 amide bonds. The molecule has 3 rings (SSSR count). The molecule has 4 N–H and O–H groups in total. The Labute approximate surface area is 143 Å². The number of likely N-dealkylation sites (tertiary alicyclic amines) is 1. The summed E-state index contributed by atoms with van der Waals surface area (Å²) < 4.78 is 15.2. The summed E-state index contributed by atoms with van der Waals surface area (Å²) in [5.74, 6) is -1.25. The maximum absolute atomic E-state index is 13.3. The molecule has 24 heavy (non-hydrogen) atoms. The van der Waals surface area contributed by atoms with Gasteiger partial charge < -0.3 is 21.1 Å². The third-order valence-electron chi connectivity index (χ3n) is 3.97. The summed E-state index contributed by atoms with van der Waals surface area (Å²) in [4.78, 5) is 28.2. The first kappa shape index (κ1) is 16.4. The summed E-state index contributed by atoms with van der Waals surface area (Å²) in [5.41, 5.74) is 6.13. The van der Waals surface area contributed by atoms with E-state index in [9.17, 15) is 14.0 Å². The molecule has 0 spiro atoms. The lowest BCUT2D eigenvalue weighted by atomic mass is 10.0. The predicted octanol–water partition coefficient (Wildman–Crippen LogP) is 0.950. The topological polar surface area (TPSA) is 126 Å². The van der Waals surface area contributed by atoms with Gasteiger partial charge in [-0.1, -0.05) is 0 Å². The fourth-order valence-electron chi connectivity index (χ4n) is 2.77. The van der Waals surface area contributed by atoms with Gasteiger partial charge in [-0.15, -0.1) is 0 Å². The molecular formula is C13H14BrFN6O3. The molecule has 1 saturated heterocycles. The van der Waals surface area contributed by atoms with Gasteiger partial charge in [0, 0.05) is 19.0 Å². The minimum atomic E-state index is -1.11. The van der Waals surface area contributed by atoms with Crippen molar-refractivity contribution in [2.75, 3.05) is 25.1 Å². The van der Waals surface area contributed by atoms with Crippen molar-refractivity contribution in [1.29, 1.82) is 0 Å². The Balaban J connectivity index is 2.00. The zero-order valence-electron chi connectivity index (χ0n) is 12.3. The number of carbonyl (C=O) groups excluding carboxylic acids is 1. The molecule has 0 aliphatic carbocycles. The van der Waals surface area contributed by atoms with Crippen molar-refractivity contribution < 1.29 is 19.1 Å². The van der Waals surface area contributed by atoms with Crippen molar-refractivity contribution >= 4 is 39.3 Å². The van der Waals surface area contributed by atoms with Crippen molar-refractivity contribution in [3.05, 3.63) is 22.6 Å². The van der Waals surface area contributed by atoms with Crippen molar-refractivity contribution in [2.24, 2.45) is 11.7 Å². The van der Waals surface area contributed by atoms with E-state index in [0.717, 1.165) is 4.90 Å². The van der Waals surface area contributed by atoms with Crippen LogP contribution in [0.3, 0.4) is 0 Å². The number of amides is 2. The second kappa shape index (κ2) is 6.23. The number of primary amides is 1. The lowest BCUT2D eigenvalue weighted by Gasteiger charge is -2.20. The number of carboxylic acid groups (broad SMARTS) is 1. The summed E-state index contributed by atoms with van der Waals surface area (Å²) in [5, 5.41) is 16.2. The number of imidazole rings is 1. The number of nitrogens with zero attached hydrogens (tertiary/aromatic N) is 4. The molecule has 128 valence electrons. The molecule has 0 radical (unpaired) electrons. The van der Waals surface area contributed by atoms with Crippen LogP contribution >= 0.6 is 15.9 Å². The molecule has 1 aliphatic heterocycles. The normalized spacial score (nSPS) is 20.5. The van der Waals surface area contributed by atoms with Crippen LogP contribution in [0.25, 0.3) is 5.65 Å². The smallest absolute Gasteiger partial charge is 0.407 e. The van der Waals surface area contributed by atoms with Crippen molar-refractivity contribution in [2.45, 2.75) is 6.04 Å². The molecule has 2 unspecified atom stereocenters. The molecule has 1 aliphatic rings. The van der Waals surface area contributed by atoms with Gasteiger partial charge in [-0.05, 0) is 15.9 Å². The van der Waals surface area contributed by atoms with Gasteiger partial charge in [0.05, 0.1) is 36.4 Å². The molecule has 9 nitrogen and oxygen atoms in total. The minimum absolute atomic E-state index is 0.0783. The highest BCUT2D eigenvalue weighted by Gasteiger charge is 2.36. The quantitative estimate of drug-likeness (QED) is 0.701. The molecule has 2 aromatic rings. The third kappa shape index (κ3) is 2.86. The highest BCUT2D eigenvalue weighted by molar-refractivity contribution is 9.10. The number of aromatic nitrogens is 3. The SMILES string of the molecule is NC(=O)c1cnn2cc(Br)nc2c1NC1CN(C(=O)O)CC1CF. The number of hydrogen-bond donors (Lipinski definition) is 3. The zero-order chi connectivity index (χ0) is 17.4. The number of carbonyl (C=O) groups is 2. The van der Waals surface area contributed by atoms with Gasteiger partial charge in [-0.3, -0.25) is 9.18 Å². The number of nitrogens with one attached hydrogen (secondary N) is 1. The van der Waals surface area contributed by atoms with E-state index in [0.29, 0.717) is 15.9 Å². The van der Waals surface area contributed by atoms with E-state index in [1.807, 2.05) is 0 Å². The van der Waals surface area contributed by atoms with Crippen LogP contribution in [0.1, 0.15) is 10.4 Å². The van der Waals surface area contributed by atoms with E-state index in [2.05, 4.69) is 31.3 Å². The number of alkyl halides is 1. The second-order valence-corrected chi connectivity index (χ2v) is 6.29. The van der Waals surface area contributed by atoms with Gasteiger partial charge >= 0.3 is 6.09 Å². The average molecular weight is 401 g/mol. The number of hydrogen-bond acceptors (Lipinski definition) is 5. The van der Waals surface area contributed by atoms with Crippen LogP contribution in [0.15, 0.2) is 17.0 Å². The van der Waals surface area contributed by atoms with Crippen molar-refractivity contribution in [3.63, 3.8) is 0 Å². The monoisotopic (exact) mass is 400 g/mol. The Morgan fingerprint density at radius 3 is 2.88 bits per heavy atom. The highest BCUT2D eigenvalue weighted by Crippen LogP contribution is 2.27. The van der Waals surface area contributed by atoms with Crippen LogP contribution in [-0.4, -0.2) is 62.4 Å². The number of fused-ring (bicyclic) bond motifs is 1. The fourth-order valence-corrected chi connectivity index (χ4v) is 3.13. The van der Waals surface area contributed by atoms with Crippen LogP contribution in [-0.2, 0) is 0 Å². The van der Waals surface area contributed by atoms with E-state index >= 15 is 0 Å². The van der Waals surface area contributed by atoms with E-state index in [4.69, 9.17) is 10.8 Å². The highest BCUT2D eigenvalue weighted by atomic mass is 79.9. The largest absolute Gasteiger partial charge is 0.465 e. The first-order valence-corrected chi connectivity index (χ1v) is 7.84. The second-order valence-electron chi connectivity index (χ2n) is 5.48. The zero-order valence-corrected chi connectivity index (χ0v) is 13.9. The molecule has 2 atom stereocenters. The van der Waals surface area contributed by atoms with E-state index in [-0.39, 0.29) is 18.7 Å². The molecule has 0 aromatic carbocycles. The molecule has 1 fully saturated rings. The molecule has 0 bridgehead atoms. The van der Waals surface area contributed by atoms with E-state index < -0.39 is 30.6 Å². The third-order valence-corrected chi connectivity index (χ3v) is 4.35. The lowest BCUT2D eigenvalue weighted by Crippen LogP contribution is -2.32. The van der Waals surface area contributed by atoms with E-state index in [1.165, 1.54) is 10.7 Å². The fraction of sp³-hybridized carbons (Fsp3) is 0.385. The Kier molecular flexibility index (Phi) is 4.26. The van der Waals surface area contributed by atoms with Crippen molar-refractivity contribution in [1.82, 2.24) is 19.5 Å². The number of rotatable bonds is 4. The molecule has 3 heterocycles. The van der Waals surface area contributed by atoms with Crippen LogP contribution in [0, 0.1) is 5.92 Å². The maximum Gasteiger partial charge on any atom is 0.407 e. The van der Waals surface area contributed by atoms with Crippen LogP contribution in [0.5, 0.6) is 0 Å². The van der Waals surface area contributed by atoms with E-state index in [1.54, 1.807) is 6.20 Å². The Morgan fingerprint density at radius 1 is 1.50 bits per heavy atom. The molecule has 0 saturated carbocycles. The molecular weight excluding hydrogens is 387 g/mol. The van der Waals surface area contributed by atoms with Crippen molar-refractivity contribution in [3.8, 4) is 0 Å². The van der Waals surface area contributed by atoms with Crippen LogP contribution in [0.2, 0.25) is 0 Å². The molecule has 11 heteroatoms. The van der Waals surface area contributed by atoms with Gasteiger partial charge in [-0.2, -0.15) is 5.10 Å². The summed E-state index contributed by atoms with van der Waals surface area (Å²) in [6.45, 7) is -0.514. The summed E-state index contributed by atoms with van der Waals surface area (Å²) in [6.07, 6.45) is 1.77. The van der Waals surface area contributed by atoms with Gasteiger partial charge in [0.25, 0.3) is 5.91 Å². The van der Waals surface area contributed by atoms with Gasteiger partial charge in [0.1, 0.15) is 4.60 Å². The standard InChI is InChI=1S/C13H14BrFN6O3/c14-9-5-21-12(19-9)10(7(2-17-21)11(16)22)18-8-4-20(13(23)24)3-6(8)1-15/h2,5-6,8,18H,1,3-4H2,(H2,16,22)(H,23,24). The first-order chi connectivity index (χ1) is 11.4. The number of nitrogens with two attached hydrogens (primary N) is 1. The Morgan fingerprint density at radius 2 is 2.25 bits per heavy atom. The minimum Gasteiger partial charge on any atom is -0.465 e. The van der Waals surface area contributed by atoms with Gasteiger partial charge in [0.15, 0.2) is 5.65 Å². The Bertz CT molecular complexity index is 812. The maximum atomic E-state index is 13.3. The summed E-state index contributed by atoms with van der Waals surface area (Å²) >= 11 is 3.23. The first-order valence-electron chi connectivity index (χ1n) is 7.04. The number of anilines is 1. The van der Waals surface area contributed by atoms with Gasteiger partial charge in [0.2, 0.25) is 0 Å². The Hall–Kier alpha value is -2.43. The lowest BCUT2D eigenvalue weighted by molar-refractivity contribution is 0.100. The van der Waals surface area contributed by atoms with Crippen LogP contribution < -0.4 is 11.1 Å². The predicted molar refractivity (Wildman–Crippen MR) is 85.7 cm³/mol. The van der Waals surface area contributed by atoms with Gasteiger partial charge in [-0.25, -0.2) is 14.3 Å². The van der Waals surface area contributed by atoms with Crippen LogP contribution in [0.4, 0.5) is 14.9 Å². The summed E-state index contributed by atoms with van der Waals surface area (Å²) in [6, 6.07) is -0.508. The summed E-state index contributed by atoms with van der Waals surface area (Å²) in [7, 11) is 0. The average Bonchev–Trinajstić information content (AvgIpc) is 3.09. The molecule has 2 aromatic heterocycles. The number of halogens is 2.